The normalized spacial score (nSPS) is 20.8. The standard InChI is InChI=1S/C12H15ClN2O3S2/c13-8-1-2-10(14)11(5-8)19-6-12(16)15-9-3-4-20(17,18)7-9/h1-2,5,9H,3-4,6-7,14H2,(H,15,16). The number of rotatable bonds is 4. The molecular weight excluding hydrogens is 320 g/mol. The first-order valence-electron chi connectivity index (χ1n) is 6.03. The lowest BCUT2D eigenvalue weighted by Gasteiger charge is -2.11. The fraction of sp³-hybridized carbons (Fsp3) is 0.417. The predicted molar refractivity (Wildman–Crippen MR) is 81.8 cm³/mol. The number of carbonyl (C=O) groups is 1. The van der Waals surface area contributed by atoms with Crippen LogP contribution in [0, 0.1) is 0 Å². The molecular formula is C12H15ClN2O3S2. The van der Waals surface area contributed by atoms with E-state index in [-0.39, 0.29) is 29.2 Å². The van der Waals surface area contributed by atoms with Gasteiger partial charge in [0.2, 0.25) is 5.91 Å². The fourth-order valence-electron chi connectivity index (χ4n) is 1.95. The summed E-state index contributed by atoms with van der Waals surface area (Å²) in [5, 5.41) is 3.29. The summed E-state index contributed by atoms with van der Waals surface area (Å²) in [6, 6.07) is 4.80. The minimum atomic E-state index is -2.98. The monoisotopic (exact) mass is 334 g/mol. The molecule has 0 saturated carbocycles. The zero-order valence-electron chi connectivity index (χ0n) is 10.6. The van der Waals surface area contributed by atoms with Crippen LogP contribution in [0.15, 0.2) is 23.1 Å². The van der Waals surface area contributed by atoms with Crippen molar-refractivity contribution in [3.63, 3.8) is 0 Å². The van der Waals surface area contributed by atoms with Gasteiger partial charge in [0.25, 0.3) is 0 Å². The van der Waals surface area contributed by atoms with Crippen LogP contribution in [0.25, 0.3) is 0 Å². The zero-order chi connectivity index (χ0) is 14.8. The van der Waals surface area contributed by atoms with E-state index in [1.165, 1.54) is 11.8 Å². The van der Waals surface area contributed by atoms with Crippen LogP contribution < -0.4 is 11.1 Å². The number of nitrogens with two attached hydrogens (primary N) is 1. The quantitative estimate of drug-likeness (QED) is 0.640. The van der Waals surface area contributed by atoms with Crippen molar-refractivity contribution >= 4 is 44.8 Å². The van der Waals surface area contributed by atoms with E-state index in [9.17, 15) is 13.2 Å². The highest BCUT2D eigenvalue weighted by molar-refractivity contribution is 8.00. The van der Waals surface area contributed by atoms with E-state index in [1.54, 1.807) is 18.2 Å². The number of thioether (sulfide) groups is 1. The molecule has 1 aliphatic heterocycles. The number of carbonyl (C=O) groups excluding carboxylic acids is 1. The van der Waals surface area contributed by atoms with Gasteiger partial charge in [0, 0.05) is 21.6 Å². The molecule has 1 atom stereocenters. The molecule has 1 aliphatic rings. The number of nitrogens with one attached hydrogen (secondary N) is 1. The van der Waals surface area contributed by atoms with Crippen LogP contribution in [0.5, 0.6) is 0 Å². The molecule has 110 valence electrons. The number of hydrogen-bond donors (Lipinski definition) is 2. The number of amides is 1. The Kier molecular flexibility index (Phi) is 4.82. The lowest BCUT2D eigenvalue weighted by atomic mass is 10.3. The Morgan fingerprint density at radius 1 is 1.50 bits per heavy atom. The molecule has 5 nitrogen and oxygen atoms in total. The van der Waals surface area contributed by atoms with Crippen molar-refractivity contribution < 1.29 is 13.2 Å². The second-order valence-corrected chi connectivity index (χ2v) is 8.32. The molecule has 0 bridgehead atoms. The molecule has 0 radical (unpaired) electrons. The van der Waals surface area contributed by atoms with Gasteiger partial charge in [0.05, 0.1) is 17.3 Å². The van der Waals surface area contributed by atoms with E-state index in [1.807, 2.05) is 0 Å². The summed E-state index contributed by atoms with van der Waals surface area (Å²) in [5.41, 5.74) is 6.35. The maximum atomic E-state index is 11.8. The zero-order valence-corrected chi connectivity index (χ0v) is 13.0. The van der Waals surface area contributed by atoms with Crippen LogP contribution in [0.1, 0.15) is 6.42 Å². The first-order chi connectivity index (χ1) is 9.35. The number of nitrogen functional groups attached to an aromatic ring is 1. The molecule has 1 heterocycles. The van der Waals surface area contributed by atoms with Crippen molar-refractivity contribution in [1.29, 1.82) is 0 Å². The van der Waals surface area contributed by atoms with E-state index in [4.69, 9.17) is 17.3 Å². The van der Waals surface area contributed by atoms with Crippen LogP contribution in [0.2, 0.25) is 5.02 Å². The minimum Gasteiger partial charge on any atom is -0.398 e. The highest BCUT2D eigenvalue weighted by Gasteiger charge is 2.28. The van der Waals surface area contributed by atoms with Crippen LogP contribution in [-0.2, 0) is 14.6 Å². The van der Waals surface area contributed by atoms with Crippen molar-refractivity contribution in [2.45, 2.75) is 17.4 Å². The van der Waals surface area contributed by atoms with Crippen molar-refractivity contribution in [3.8, 4) is 0 Å². The summed E-state index contributed by atoms with van der Waals surface area (Å²) in [4.78, 5) is 12.5. The summed E-state index contributed by atoms with van der Waals surface area (Å²) in [7, 11) is -2.98. The van der Waals surface area contributed by atoms with Crippen molar-refractivity contribution in [2.75, 3.05) is 23.0 Å². The Balaban J connectivity index is 1.85. The molecule has 1 amide bonds. The number of halogens is 1. The van der Waals surface area contributed by atoms with Gasteiger partial charge in [0.1, 0.15) is 0 Å². The molecule has 1 saturated heterocycles. The van der Waals surface area contributed by atoms with E-state index in [0.29, 0.717) is 17.1 Å². The van der Waals surface area contributed by atoms with Gasteiger partial charge in [-0.15, -0.1) is 11.8 Å². The van der Waals surface area contributed by atoms with Gasteiger partial charge in [-0.2, -0.15) is 0 Å². The van der Waals surface area contributed by atoms with E-state index in [2.05, 4.69) is 5.32 Å². The minimum absolute atomic E-state index is 0.0305. The fourth-order valence-corrected chi connectivity index (χ4v) is 4.68. The molecule has 0 spiro atoms. The van der Waals surface area contributed by atoms with Gasteiger partial charge in [-0.25, -0.2) is 8.42 Å². The molecule has 1 aromatic rings. The SMILES string of the molecule is Nc1ccc(Cl)cc1SCC(=O)NC1CCS(=O)(=O)C1. The molecule has 1 aromatic carbocycles. The van der Waals surface area contributed by atoms with E-state index in [0.717, 1.165) is 4.90 Å². The number of sulfone groups is 1. The summed E-state index contributed by atoms with van der Waals surface area (Å²) >= 11 is 7.15. The van der Waals surface area contributed by atoms with Crippen molar-refractivity contribution in [2.24, 2.45) is 0 Å². The Morgan fingerprint density at radius 3 is 2.90 bits per heavy atom. The Morgan fingerprint density at radius 2 is 2.25 bits per heavy atom. The maximum absolute atomic E-state index is 11.8. The van der Waals surface area contributed by atoms with E-state index < -0.39 is 9.84 Å². The molecule has 1 unspecified atom stereocenters. The lowest BCUT2D eigenvalue weighted by molar-refractivity contribution is -0.119. The highest BCUT2D eigenvalue weighted by atomic mass is 35.5. The average molecular weight is 335 g/mol. The first-order valence-corrected chi connectivity index (χ1v) is 9.22. The van der Waals surface area contributed by atoms with Crippen LogP contribution in [-0.4, -0.2) is 37.6 Å². The van der Waals surface area contributed by atoms with Crippen LogP contribution >= 0.6 is 23.4 Å². The topological polar surface area (TPSA) is 89.3 Å². The third-order valence-electron chi connectivity index (χ3n) is 2.93. The molecule has 0 aliphatic carbocycles. The number of benzene rings is 1. The van der Waals surface area contributed by atoms with Crippen LogP contribution in [0.3, 0.4) is 0 Å². The summed E-state index contributed by atoms with van der Waals surface area (Å²) in [6.45, 7) is 0. The van der Waals surface area contributed by atoms with Crippen molar-refractivity contribution in [1.82, 2.24) is 5.32 Å². The van der Waals surface area contributed by atoms with Crippen molar-refractivity contribution in [3.05, 3.63) is 23.2 Å². The maximum Gasteiger partial charge on any atom is 0.230 e. The number of anilines is 1. The van der Waals surface area contributed by atoms with Crippen LogP contribution in [0.4, 0.5) is 5.69 Å². The predicted octanol–water partition coefficient (Wildman–Crippen LogP) is 1.32. The van der Waals surface area contributed by atoms with Gasteiger partial charge in [0.15, 0.2) is 9.84 Å². The summed E-state index contributed by atoms with van der Waals surface area (Å²) < 4.78 is 22.6. The molecule has 2 rings (SSSR count). The average Bonchev–Trinajstić information content (AvgIpc) is 2.70. The van der Waals surface area contributed by atoms with Gasteiger partial charge < -0.3 is 11.1 Å². The smallest absolute Gasteiger partial charge is 0.230 e. The van der Waals surface area contributed by atoms with Gasteiger partial charge in [-0.1, -0.05) is 11.6 Å². The van der Waals surface area contributed by atoms with Gasteiger partial charge in [-0.3, -0.25) is 4.79 Å². The highest BCUT2D eigenvalue weighted by Crippen LogP contribution is 2.27. The largest absolute Gasteiger partial charge is 0.398 e. The third kappa shape index (κ3) is 4.29. The van der Waals surface area contributed by atoms with E-state index >= 15 is 0 Å². The number of hydrogen-bond acceptors (Lipinski definition) is 5. The Hall–Kier alpha value is -0.920. The summed E-state index contributed by atoms with van der Waals surface area (Å²) in [6.07, 6.45) is 0.484. The third-order valence-corrected chi connectivity index (χ3v) is 6.01. The van der Waals surface area contributed by atoms with Gasteiger partial charge >= 0.3 is 0 Å². The lowest BCUT2D eigenvalue weighted by Crippen LogP contribution is -2.36. The first kappa shape index (κ1) is 15.5. The second kappa shape index (κ2) is 6.24. The molecule has 8 heteroatoms. The Labute approximate surface area is 127 Å². The summed E-state index contributed by atoms with van der Waals surface area (Å²) in [5.74, 6) is 0.160. The second-order valence-electron chi connectivity index (χ2n) is 4.64. The molecule has 0 aromatic heterocycles. The van der Waals surface area contributed by atoms with Gasteiger partial charge in [-0.05, 0) is 24.6 Å². The molecule has 3 N–H and O–H groups in total. The Bertz CT molecular complexity index is 619. The molecule has 1 fully saturated rings. The molecule has 20 heavy (non-hydrogen) atoms.